The molecular formula is C22H26N6O5S. The highest BCUT2D eigenvalue weighted by Crippen LogP contribution is 2.35. The van der Waals surface area contributed by atoms with Gasteiger partial charge in [-0.1, -0.05) is 0 Å². The molecule has 180 valence electrons. The van der Waals surface area contributed by atoms with Crippen molar-refractivity contribution in [2.24, 2.45) is 0 Å². The SMILES string of the molecule is O=C(CN1C(=O)COc2ccc(S(=O)(=O)N3CCCC3)cc21)N1CCN(c2ncccn2)CC1. The average Bonchev–Trinajstić information content (AvgIpc) is 3.42. The molecule has 0 aliphatic carbocycles. The maximum Gasteiger partial charge on any atom is 0.265 e. The van der Waals surface area contributed by atoms with Crippen molar-refractivity contribution in [2.45, 2.75) is 17.7 Å². The van der Waals surface area contributed by atoms with E-state index >= 15 is 0 Å². The van der Waals surface area contributed by atoms with Gasteiger partial charge in [0.05, 0.1) is 10.6 Å². The molecule has 0 radical (unpaired) electrons. The molecule has 11 nitrogen and oxygen atoms in total. The minimum Gasteiger partial charge on any atom is -0.482 e. The Hall–Kier alpha value is -3.25. The Morgan fingerprint density at radius 1 is 1.00 bits per heavy atom. The zero-order chi connectivity index (χ0) is 23.7. The Balaban J connectivity index is 1.31. The average molecular weight is 487 g/mol. The van der Waals surface area contributed by atoms with Crippen LogP contribution in [0.1, 0.15) is 12.8 Å². The summed E-state index contributed by atoms with van der Waals surface area (Å²) in [6.45, 7) is 2.72. The van der Waals surface area contributed by atoms with Crippen LogP contribution in [-0.4, -0.2) is 91.8 Å². The number of fused-ring (bicyclic) bond motifs is 1. The van der Waals surface area contributed by atoms with E-state index in [1.165, 1.54) is 21.3 Å². The molecule has 1 aromatic carbocycles. The van der Waals surface area contributed by atoms with Crippen molar-refractivity contribution in [3.8, 4) is 5.75 Å². The van der Waals surface area contributed by atoms with Crippen LogP contribution in [0.4, 0.5) is 11.6 Å². The van der Waals surface area contributed by atoms with E-state index in [4.69, 9.17) is 4.74 Å². The molecule has 2 fully saturated rings. The Labute approximate surface area is 198 Å². The molecule has 0 unspecified atom stereocenters. The fourth-order valence-corrected chi connectivity index (χ4v) is 5.98. The van der Waals surface area contributed by atoms with E-state index in [-0.39, 0.29) is 29.9 Å². The van der Waals surface area contributed by atoms with Crippen molar-refractivity contribution in [3.05, 3.63) is 36.7 Å². The number of benzene rings is 1. The largest absolute Gasteiger partial charge is 0.482 e. The topological polar surface area (TPSA) is 116 Å². The predicted molar refractivity (Wildman–Crippen MR) is 123 cm³/mol. The van der Waals surface area contributed by atoms with Crippen molar-refractivity contribution in [1.82, 2.24) is 19.2 Å². The number of anilines is 2. The summed E-state index contributed by atoms with van der Waals surface area (Å²) in [5, 5.41) is 0. The summed E-state index contributed by atoms with van der Waals surface area (Å²) in [6, 6.07) is 6.24. The molecular weight excluding hydrogens is 460 g/mol. The summed E-state index contributed by atoms with van der Waals surface area (Å²) in [5.41, 5.74) is 0.307. The Kier molecular flexibility index (Phi) is 6.09. The number of piperazine rings is 1. The third kappa shape index (κ3) is 4.30. The first kappa shape index (κ1) is 22.5. The van der Waals surface area contributed by atoms with E-state index in [9.17, 15) is 18.0 Å². The summed E-state index contributed by atoms with van der Waals surface area (Å²) >= 11 is 0. The second-order valence-electron chi connectivity index (χ2n) is 8.43. The molecule has 0 atom stereocenters. The first-order valence-electron chi connectivity index (χ1n) is 11.3. The van der Waals surface area contributed by atoms with Gasteiger partial charge in [0.1, 0.15) is 12.3 Å². The molecule has 34 heavy (non-hydrogen) atoms. The van der Waals surface area contributed by atoms with Crippen molar-refractivity contribution in [3.63, 3.8) is 0 Å². The summed E-state index contributed by atoms with van der Waals surface area (Å²) in [4.78, 5) is 39.4. The van der Waals surface area contributed by atoms with Crippen molar-refractivity contribution in [2.75, 3.05) is 62.2 Å². The number of hydrogen-bond donors (Lipinski definition) is 0. The highest BCUT2D eigenvalue weighted by molar-refractivity contribution is 7.89. The lowest BCUT2D eigenvalue weighted by atomic mass is 10.2. The molecule has 0 bridgehead atoms. The van der Waals surface area contributed by atoms with E-state index in [0.717, 1.165) is 12.8 Å². The lowest BCUT2D eigenvalue weighted by Gasteiger charge is -2.36. The number of carbonyl (C=O) groups is 2. The molecule has 0 N–H and O–H groups in total. The van der Waals surface area contributed by atoms with Crippen LogP contribution in [0.2, 0.25) is 0 Å². The highest BCUT2D eigenvalue weighted by atomic mass is 32.2. The van der Waals surface area contributed by atoms with Crippen LogP contribution in [0.15, 0.2) is 41.6 Å². The van der Waals surface area contributed by atoms with E-state index in [1.807, 2.05) is 4.90 Å². The molecule has 3 aliphatic heterocycles. The first-order valence-corrected chi connectivity index (χ1v) is 12.7. The van der Waals surface area contributed by atoms with E-state index in [0.29, 0.717) is 56.7 Å². The third-order valence-electron chi connectivity index (χ3n) is 6.34. The molecule has 2 amide bonds. The van der Waals surface area contributed by atoms with Gasteiger partial charge in [-0.05, 0) is 37.1 Å². The van der Waals surface area contributed by atoms with Crippen LogP contribution in [0.25, 0.3) is 0 Å². The van der Waals surface area contributed by atoms with Gasteiger partial charge < -0.3 is 14.5 Å². The lowest BCUT2D eigenvalue weighted by Crippen LogP contribution is -2.53. The zero-order valence-corrected chi connectivity index (χ0v) is 19.5. The number of hydrogen-bond acceptors (Lipinski definition) is 8. The maximum atomic E-state index is 13.1. The van der Waals surface area contributed by atoms with Crippen molar-refractivity contribution in [1.29, 1.82) is 0 Å². The van der Waals surface area contributed by atoms with Gasteiger partial charge in [-0.2, -0.15) is 4.31 Å². The second-order valence-corrected chi connectivity index (χ2v) is 10.4. The molecule has 5 rings (SSSR count). The molecule has 0 spiro atoms. The zero-order valence-electron chi connectivity index (χ0n) is 18.7. The predicted octanol–water partition coefficient (Wildman–Crippen LogP) is 0.335. The fourth-order valence-electron chi connectivity index (χ4n) is 4.44. The van der Waals surface area contributed by atoms with Crippen molar-refractivity contribution < 1.29 is 22.7 Å². The molecule has 1 aromatic heterocycles. The number of carbonyl (C=O) groups excluding carboxylic acids is 2. The molecule has 2 saturated heterocycles. The molecule has 2 aromatic rings. The van der Waals surface area contributed by atoms with Crippen molar-refractivity contribution >= 4 is 33.5 Å². The quantitative estimate of drug-likeness (QED) is 0.594. The van der Waals surface area contributed by atoms with Crippen LogP contribution in [0.3, 0.4) is 0 Å². The van der Waals surface area contributed by atoms with Gasteiger partial charge in [-0.25, -0.2) is 18.4 Å². The maximum absolute atomic E-state index is 13.1. The van der Waals surface area contributed by atoms with Gasteiger partial charge in [0.2, 0.25) is 21.9 Å². The summed E-state index contributed by atoms with van der Waals surface area (Å²) < 4.78 is 33.0. The Bertz CT molecular complexity index is 1180. The number of ether oxygens (including phenoxy) is 1. The standard InChI is InChI=1S/C22H26N6O5S/c29-20(25-10-12-26(13-11-25)22-23-6-3-7-24-22)15-28-18-14-17(4-5-19(18)33-16-21(28)30)34(31,32)27-8-1-2-9-27/h3-7,14H,1-2,8-13,15-16H2. The number of aromatic nitrogens is 2. The Morgan fingerprint density at radius 2 is 1.71 bits per heavy atom. The van der Waals surface area contributed by atoms with Gasteiger partial charge in [0, 0.05) is 51.7 Å². The minimum atomic E-state index is -3.67. The van der Waals surface area contributed by atoms with Gasteiger partial charge in [0.15, 0.2) is 6.61 Å². The van der Waals surface area contributed by atoms with Crippen LogP contribution < -0.4 is 14.5 Å². The first-order chi connectivity index (χ1) is 16.4. The summed E-state index contributed by atoms with van der Waals surface area (Å²) in [6.07, 6.45) is 5.02. The molecule has 12 heteroatoms. The minimum absolute atomic E-state index is 0.0976. The fraction of sp³-hybridized carbons (Fsp3) is 0.455. The van der Waals surface area contributed by atoms with Crippen LogP contribution in [0.5, 0.6) is 5.75 Å². The van der Waals surface area contributed by atoms with Crippen LogP contribution >= 0.6 is 0 Å². The van der Waals surface area contributed by atoms with E-state index < -0.39 is 10.0 Å². The number of rotatable bonds is 5. The van der Waals surface area contributed by atoms with Gasteiger partial charge >= 0.3 is 0 Å². The van der Waals surface area contributed by atoms with Gasteiger partial charge in [-0.15, -0.1) is 0 Å². The van der Waals surface area contributed by atoms with E-state index in [1.54, 1.807) is 29.4 Å². The van der Waals surface area contributed by atoms with Gasteiger partial charge in [-0.3, -0.25) is 14.5 Å². The van der Waals surface area contributed by atoms with Crippen LogP contribution in [-0.2, 0) is 19.6 Å². The van der Waals surface area contributed by atoms with Gasteiger partial charge in [0.25, 0.3) is 5.91 Å². The number of sulfonamides is 1. The monoisotopic (exact) mass is 486 g/mol. The molecule has 0 saturated carbocycles. The second kappa shape index (κ2) is 9.18. The van der Waals surface area contributed by atoms with Crippen LogP contribution in [0, 0.1) is 0 Å². The summed E-state index contributed by atoms with van der Waals surface area (Å²) in [5.74, 6) is 0.424. The Morgan fingerprint density at radius 3 is 2.41 bits per heavy atom. The molecule has 3 aliphatic rings. The summed E-state index contributed by atoms with van der Waals surface area (Å²) in [7, 11) is -3.67. The number of amides is 2. The van der Waals surface area contributed by atoms with E-state index in [2.05, 4.69) is 9.97 Å². The highest BCUT2D eigenvalue weighted by Gasteiger charge is 2.33. The third-order valence-corrected chi connectivity index (χ3v) is 8.23. The normalized spacial score (nSPS) is 19.2. The lowest BCUT2D eigenvalue weighted by molar-refractivity contribution is -0.132. The smallest absolute Gasteiger partial charge is 0.265 e. The number of nitrogens with zero attached hydrogens (tertiary/aromatic N) is 6. The molecule has 4 heterocycles.